The zero-order chi connectivity index (χ0) is 25.5. The van der Waals surface area contributed by atoms with Gasteiger partial charge in [-0.1, -0.05) is 73.2 Å². The van der Waals surface area contributed by atoms with E-state index in [1.807, 2.05) is 61.5 Å². The zero-order valence-corrected chi connectivity index (χ0v) is 22.0. The van der Waals surface area contributed by atoms with Crippen LogP contribution in [0.5, 0.6) is 0 Å². The molecule has 0 aromatic heterocycles. The van der Waals surface area contributed by atoms with Crippen LogP contribution in [-0.2, 0) is 14.8 Å². The van der Waals surface area contributed by atoms with Crippen LogP contribution in [-0.4, -0.2) is 28.6 Å². The minimum absolute atomic E-state index is 0.164. The first-order valence-electron chi connectivity index (χ1n) is 12.2. The molecule has 0 amide bonds. The summed E-state index contributed by atoms with van der Waals surface area (Å²) in [6, 6.07) is 24.5. The lowest BCUT2D eigenvalue weighted by atomic mass is 9.64. The van der Waals surface area contributed by atoms with Gasteiger partial charge in [0, 0.05) is 35.3 Å². The fraction of sp³-hybridized carbons (Fsp3) is 0.267. The number of para-hydroxylation sites is 2. The van der Waals surface area contributed by atoms with Crippen molar-refractivity contribution >= 4 is 27.0 Å². The fourth-order valence-electron chi connectivity index (χ4n) is 5.66. The normalized spacial score (nSPS) is 22.4. The Morgan fingerprint density at radius 2 is 1.64 bits per heavy atom. The van der Waals surface area contributed by atoms with E-state index in [9.17, 15) is 8.42 Å². The smallest absolute Gasteiger partial charge is 0.271 e. The summed E-state index contributed by atoms with van der Waals surface area (Å²) in [5.74, 6) is 0.338. The van der Waals surface area contributed by atoms with Crippen molar-refractivity contribution in [1.82, 2.24) is 0 Å². The second kappa shape index (κ2) is 9.17. The van der Waals surface area contributed by atoms with Crippen LogP contribution in [0.3, 0.4) is 0 Å². The minimum Gasteiger partial charge on any atom is -0.481 e. The number of anilines is 2. The van der Waals surface area contributed by atoms with Crippen molar-refractivity contribution in [1.29, 1.82) is 0 Å². The van der Waals surface area contributed by atoms with E-state index >= 15 is 0 Å². The van der Waals surface area contributed by atoms with Crippen LogP contribution in [0.2, 0.25) is 0 Å². The first-order chi connectivity index (χ1) is 17.3. The maximum absolute atomic E-state index is 14.3. The second-order valence-corrected chi connectivity index (χ2v) is 11.6. The summed E-state index contributed by atoms with van der Waals surface area (Å²) in [6.07, 6.45) is 6.08. The van der Waals surface area contributed by atoms with E-state index in [-0.39, 0.29) is 16.4 Å². The van der Waals surface area contributed by atoms with E-state index < -0.39 is 10.0 Å². The largest absolute Gasteiger partial charge is 0.481 e. The summed E-state index contributed by atoms with van der Waals surface area (Å²) < 4.78 is 36.1. The number of rotatable bonds is 5. The van der Waals surface area contributed by atoms with E-state index in [1.165, 1.54) is 4.31 Å². The Morgan fingerprint density at radius 1 is 0.972 bits per heavy atom. The van der Waals surface area contributed by atoms with Gasteiger partial charge in [-0.2, -0.15) is 0 Å². The molecule has 0 spiro atoms. The number of sulfonamides is 1. The third-order valence-electron chi connectivity index (χ3n) is 7.54. The molecule has 1 heterocycles. The van der Waals surface area contributed by atoms with Crippen LogP contribution in [0.4, 0.5) is 11.4 Å². The minimum atomic E-state index is -3.99. The summed E-state index contributed by atoms with van der Waals surface area (Å²) >= 11 is 0. The average molecular weight is 501 g/mol. The highest BCUT2D eigenvalue weighted by Crippen LogP contribution is 2.55. The summed E-state index contributed by atoms with van der Waals surface area (Å²) in [7, 11) is -0.296. The summed E-state index contributed by atoms with van der Waals surface area (Å²) in [6.45, 7) is 4.17. The Morgan fingerprint density at radius 3 is 2.33 bits per heavy atom. The number of fused-ring (bicyclic) bond motifs is 2. The third-order valence-corrected chi connectivity index (χ3v) is 9.26. The van der Waals surface area contributed by atoms with Gasteiger partial charge in [0.2, 0.25) is 5.88 Å². The summed E-state index contributed by atoms with van der Waals surface area (Å²) in [5.41, 5.74) is 4.14. The molecule has 6 heteroatoms. The topological polar surface area (TPSA) is 49.9 Å². The third kappa shape index (κ3) is 3.80. The van der Waals surface area contributed by atoms with Crippen LogP contribution in [0.25, 0.3) is 5.57 Å². The van der Waals surface area contributed by atoms with Gasteiger partial charge in [-0.25, -0.2) is 12.7 Å². The van der Waals surface area contributed by atoms with Gasteiger partial charge in [-0.15, -0.1) is 0 Å². The molecule has 3 aromatic carbocycles. The van der Waals surface area contributed by atoms with Crippen LogP contribution in [0.15, 0.2) is 102 Å². The molecule has 36 heavy (non-hydrogen) atoms. The van der Waals surface area contributed by atoms with E-state index in [0.717, 1.165) is 35.2 Å². The van der Waals surface area contributed by atoms with Gasteiger partial charge < -0.3 is 9.64 Å². The van der Waals surface area contributed by atoms with Gasteiger partial charge in [0.05, 0.1) is 17.7 Å². The van der Waals surface area contributed by atoms with Crippen molar-refractivity contribution in [2.45, 2.75) is 37.6 Å². The monoisotopic (exact) mass is 500 g/mol. The molecule has 5 rings (SSSR count). The molecule has 0 saturated heterocycles. The molecule has 2 unspecified atom stereocenters. The maximum Gasteiger partial charge on any atom is 0.271 e. The first-order valence-corrected chi connectivity index (χ1v) is 13.7. The number of ether oxygens (including phenoxy) is 1. The SMILES string of the molecule is CO/C(=C1/c2ccccc2N(C)C2CC=CCC12C)N(c1ccccc1)S(=O)(=O)c1ccc(C)cc1. The van der Waals surface area contributed by atoms with Gasteiger partial charge >= 0.3 is 0 Å². The Kier molecular flexibility index (Phi) is 6.17. The number of aryl methyl sites for hydroxylation is 1. The Labute approximate surface area is 214 Å². The van der Waals surface area contributed by atoms with E-state index in [0.29, 0.717) is 11.6 Å². The second-order valence-electron chi connectivity index (χ2n) is 9.77. The molecule has 186 valence electrons. The Hall–Kier alpha value is -3.51. The molecule has 1 aliphatic carbocycles. The number of benzene rings is 3. The van der Waals surface area contributed by atoms with Crippen molar-refractivity contribution in [2.24, 2.45) is 5.41 Å². The molecule has 3 aromatic rings. The predicted molar refractivity (Wildman–Crippen MR) is 146 cm³/mol. The molecule has 1 aliphatic heterocycles. The van der Waals surface area contributed by atoms with Gasteiger partial charge in [0.15, 0.2) is 0 Å². The van der Waals surface area contributed by atoms with E-state index in [1.54, 1.807) is 19.2 Å². The number of methoxy groups -OCH3 is 1. The zero-order valence-electron chi connectivity index (χ0n) is 21.2. The lowest BCUT2D eigenvalue weighted by molar-refractivity contribution is 0.266. The average Bonchev–Trinajstić information content (AvgIpc) is 2.88. The molecular formula is C30H32N2O3S. The first kappa shape index (κ1) is 24.2. The molecule has 0 bridgehead atoms. The van der Waals surface area contributed by atoms with Crippen molar-refractivity contribution in [3.8, 4) is 0 Å². The van der Waals surface area contributed by atoms with E-state index in [4.69, 9.17) is 4.74 Å². The van der Waals surface area contributed by atoms with Crippen LogP contribution in [0, 0.1) is 12.3 Å². The molecule has 0 radical (unpaired) electrons. The molecular weight excluding hydrogens is 468 g/mol. The van der Waals surface area contributed by atoms with Gasteiger partial charge in [-0.3, -0.25) is 0 Å². The molecule has 5 nitrogen and oxygen atoms in total. The number of allylic oxidation sites excluding steroid dienone is 1. The highest BCUT2D eigenvalue weighted by atomic mass is 32.2. The molecule has 2 atom stereocenters. The summed E-state index contributed by atoms with van der Waals surface area (Å²) in [4.78, 5) is 2.55. The van der Waals surface area contributed by atoms with Crippen molar-refractivity contribution in [2.75, 3.05) is 23.4 Å². The predicted octanol–water partition coefficient (Wildman–Crippen LogP) is 6.38. The molecule has 2 aliphatic rings. The van der Waals surface area contributed by atoms with Crippen LogP contribution >= 0.6 is 0 Å². The van der Waals surface area contributed by atoms with Crippen LogP contribution in [0.1, 0.15) is 30.9 Å². The lowest BCUT2D eigenvalue weighted by Crippen LogP contribution is -2.51. The maximum atomic E-state index is 14.3. The highest BCUT2D eigenvalue weighted by molar-refractivity contribution is 7.93. The van der Waals surface area contributed by atoms with Gasteiger partial charge in [0.25, 0.3) is 10.0 Å². The standard InChI is InChI=1S/C30H32N2O3S/c1-22-17-19-24(20-18-22)36(33,34)32(23-12-6-5-7-13-23)29(35-4)28-25-14-8-9-15-26(25)31(3)27-16-10-11-21-30(27,28)2/h5-15,17-20,27H,16,21H2,1-4H3/b29-28-. The number of hydrogen-bond acceptors (Lipinski definition) is 4. The van der Waals surface area contributed by atoms with Crippen LogP contribution < -0.4 is 9.21 Å². The molecule has 0 fully saturated rings. The van der Waals surface area contributed by atoms with Gasteiger partial charge in [0.1, 0.15) is 0 Å². The lowest BCUT2D eigenvalue weighted by Gasteiger charge is -2.51. The van der Waals surface area contributed by atoms with Crippen molar-refractivity contribution in [3.63, 3.8) is 0 Å². The quantitative estimate of drug-likeness (QED) is 0.301. The van der Waals surface area contributed by atoms with Crippen molar-refractivity contribution in [3.05, 3.63) is 108 Å². The van der Waals surface area contributed by atoms with Gasteiger partial charge in [-0.05, 0) is 50.1 Å². The summed E-state index contributed by atoms with van der Waals surface area (Å²) in [5, 5.41) is 0. The highest BCUT2D eigenvalue weighted by Gasteiger charge is 2.49. The number of hydrogen-bond donors (Lipinski definition) is 0. The van der Waals surface area contributed by atoms with Crippen molar-refractivity contribution < 1.29 is 13.2 Å². The Balaban J connectivity index is 1.85. The fourth-order valence-corrected chi connectivity index (χ4v) is 7.14. The molecule has 0 N–H and O–H groups in total. The molecule has 0 saturated carbocycles. The Bertz CT molecular complexity index is 1430. The number of nitrogens with zero attached hydrogens (tertiary/aromatic N) is 2. The van der Waals surface area contributed by atoms with E-state index in [2.05, 4.69) is 43.2 Å².